The number of nitrogens with zero attached hydrogens (tertiary/aromatic N) is 1. The molecule has 3 aromatic rings. The maximum Gasteiger partial charge on any atom is 0.255 e. The van der Waals surface area contributed by atoms with Crippen LogP contribution in [0.25, 0.3) is 10.9 Å². The van der Waals surface area contributed by atoms with Crippen LogP contribution in [-0.2, 0) is 11.3 Å². The molecule has 1 aromatic heterocycles. The third kappa shape index (κ3) is 3.95. The van der Waals surface area contributed by atoms with Crippen LogP contribution in [0.5, 0.6) is 0 Å². The number of para-hydroxylation sites is 1. The Bertz CT molecular complexity index is 919. The van der Waals surface area contributed by atoms with Crippen molar-refractivity contribution in [3.8, 4) is 0 Å². The Morgan fingerprint density at radius 2 is 1.80 bits per heavy atom. The number of carbonyl (C=O) groups is 1. The first kappa shape index (κ1) is 16.9. The van der Waals surface area contributed by atoms with Gasteiger partial charge in [0.25, 0.3) is 5.91 Å². The van der Waals surface area contributed by atoms with E-state index >= 15 is 0 Å². The minimum absolute atomic E-state index is 0.178. The minimum Gasteiger partial charge on any atom is -0.383 e. The second-order valence-electron chi connectivity index (χ2n) is 5.80. The zero-order valence-corrected chi connectivity index (χ0v) is 14.1. The number of amides is 1. The van der Waals surface area contributed by atoms with Crippen molar-refractivity contribution in [1.82, 2.24) is 9.88 Å². The minimum atomic E-state index is -0.284. The van der Waals surface area contributed by atoms with Crippen molar-refractivity contribution < 1.29 is 9.53 Å². The highest BCUT2D eigenvalue weighted by atomic mass is 16.5. The van der Waals surface area contributed by atoms with E-state index in [1.807, 2.05) is 48.5 Å². The highest BCUT2D eigenvalue weighted by Gasteiger charge is 2.19. The first-order valence-corrected chi connectivity index (χ1v) is 8.13. The molecule has 0 aliphatic rings. The molecule has 1 N–H and O–H groups in total. The number of hydrogen-bond donors (Lipinski definition) is 1. The first-order valence-electron chi connectivity index (χ1n) is 8.13. The van der Waals surface area contributed by atoms with Crippen molar-refractivity contribution in [3.63, 3.8) is 0 Å². The van der Waals surface area contributed by atoms with E-state index < -0.39 is 0 Å². The molecule has 0 radical (unpaired) electrons. The van der Waals surface area contributed by atoms with Gasteiger partial charge in [0.15, 0.2) is 0 Å². The molecular weight excluding hydrogens is 316 g/mol. The molecule has 0 fully saturated rings. The number of fused-ring (bicyclic) bond motifs is 1. The molecule has 0 bridgehead atoms. The summed E-state index contributed by atoms with van der Waals surface area (Å²) in [5.41, 5.74) is 1.81. The lowest BCUT2D eigenvalue weighted by Crippen LogP contribution is -2.34. The Kier molecular flexibility index (Phi) is 5.26. The average molecular weight is 336 g/mol. The normalized spacial score (nSPS) is 10.8. The van der Waals surface area contributed by atoms with E-state index in [0.29, 0.717) is 30.8 Å². The Labute approximate surface area is 145 Å². The molecule has 0 spiro atoms. The molecule has 1 heterocycles. The van der Waals surface area contributed by atoms with Gasteiger partial charge in [0.1, 0.15) is 0 Å². The van der Waals surface area contributed by atoms with Crippen LogP contribution < -0.4 is 5.56 Å². The predicted octanol–water partition coefficient (Wildman–Crippen LogP) is 2.82. The van der Waals surface area contributed by atoms with Crippen molar-refractivity contribution >= 4 is 16.8 Å². The van der Waals surface area contributed by atoms with E-state index in [9.17, 15) is 9.59 Å². The van der Waals surface area contributed by atoms with Gasteiger partial charge in [-0.25, -0.2) is 0 Å². The van der Waals surface area contributed by atoms with Crippen molar-refractivity contribution in [2.24, 2.45) is 0 Å². The summed E-state index contributed by atoms with van der Waals surface area (Å²) in [6.07, 6.45) is 0. The third-order valence-corrected chi connectivity index (χ3v) is 4.05. The molecule has 0 saturated carbocycles. The molecule has 25 heavy (non-hydrogen) atoms. The highest BCUT2D eigenvalue weighted by molar-refractivity contribution is 6.05. The fourth-order valence-corrected chi connectivity index (χ4v) is 2.81. The summed E-state index contributed by atoms with van der Waals surface area (Å²) in [6, 6.07) is 18.5. The van der Waals surface area contributed by atoms with Gasteiger partial charge in [0, 0.05) is 37.2 Å². The number of methoxy groups -OCH3 is 1. The predicted molar refractivity (Wildman–Crippen MR) is 97.6 cm³/mol. The average Bonchev–Trinajstić information content (AvgIpc) is 2.64. The van der Waals surface area contributed by atoms with Crippen LogP contribution in [0, 0.1) is 0 Å². The second-order valence-corrected chi connectivity index (χ2v) is 5.80. The Balaban J connectivity index is 1.98. The lowest BCUT2D eigenvalue weighted by molar-refractivity contribution is 0.0682. The number of pyridine rings is 1. The van der Waals surface area contributed by atoms with Crippen LogP contribution in [0.1, 0.15) is 15.9 Å². The molecule has 1 amide bonds. The molecule has 3 rings (SSSR count). The quantitative estimate of drug-likeness (QED) is 0.753. The largest absolute Gasteiger partial charge is 0.383 e. The summed E-state index contributed by atoms with van der Waals surface area (Å²) >= 11 is 0. The van der Waals surface area contributed by atoms with E-state index in [1.54, 1.807) is 18.1 Å². The molecule has 2 aromatic carbocycles. The number of H-pyrrole nitrogens is 1. The SMILES string of the molecule is COCCN(Cc1ccccc1)C(=O)c1cc(=O)[nH]c2ccccc12. The standard InChI is InChI=1S/C20H20N2O3/c1-25-12-11-22(14-15-7-3-2-4-8-15)20(24)17-13-19(23)21-18-10-6-5-9-16(17)18/h2-10,13H,11-12,14H2,1H3,(H,21,23). The van der Waals surface area contributed by atoms with Crippen LogP contribution in [0.3, 0.4) is 0 Å². The highest BCUT2D eigenvalue weighted by Crippen LogP contribution is 2.18. The van der Waals surface area contributed by atoms with Crippen molar-refractivity contribution in [1.29, 1.82) is 0 Å². The topological polar surface area (TPSA) is 62.4 Å². The number of rotatable bonds is 6. The summed E-state index contributed by atoms with van der Waals surface area (Å²) in [5.74, 6) is -0.178. The summed E-state index contributed by atoms with van der Waals surface area (Å²) < 4.78 is 5.15. The van der Waals surface area contributed by atoms with E-state index in [1.165, 1.54) is 6.07 Å². The monoisotopic (exact) mass is 336 g/mol. The first-order chi connectivity index (χ1) is 12.2. The maximum absolute atomic E-state index is 13.1. The van der Waals surface area contributed by atoms with Crippen LogP contribution in [-0.4, -0.2) is 36.1 Å². The second kappa shape index (κ2) is 7.77. The molecule has 0 atom stereocenters. The fraction of sp³-hybridized carbons (Fsp3) is 0.200. The lowest BCUT2D eigenvalue weighted by atomic mass is 10.1. The molecule has 0 unspecified atom stereocenters. The number of nitrogens with one attached hydrogen (secondary N) is 1. The smallest absolute Gasteiger partial charge is 0.255 e. The van der Waals surface area contributed by atoms with Crippen LogP contribution >= 0.6 is 0 Å². The summed E-state index contributed by atoms with van der Waals surface area (Å²) in [4.78, 5) is 29.6. The Morgan fingerprint density at radius 1 is 1.08 bits per heavy atom. The number of hydrogen-bond acceptors (Lipinski definition) is 3. The number of ether oxygens (including phenoxy) is 1. The zero-order chi connectivity index (χ0) is 17.6. The number of benzene rings is 2. The number of aromatic nitrogens is 1. The maximum atomic E-state index is 13.1. The van der Waals surface area contributed by atoms with Gasteiger partial charge >= 0.3 is 0 Å². The van der Waals surface area contributed by atoms with Crippen molar-refractivity contribution in [2.45, 2.75) is 6.54 Å². The fourth-order valence-electron chi connectivity index (χ4n) is 2.81. The van der Waals surface area contributed by atoms with E-state index in [-0.39, 0.29) is 11.5 Å². The van der Waals surface area contributed by atoms with Gasteiger partial charge in [-0.1, -0.05) is 48.5 Å². The van der Waals surface area contributed by atoms with E-state index in [2.05, 4.69) is 4.98 Å². The van der Waals surface area contributed by atoms with Crippen LogP contribution in [0.2, 0.25) is 0 Å². The van der Waals surface area contributed by atoms with E-state index in [4.69, 9.17) is 4.74 Å². The summed E-state index contributed by atoms with van der Waals surface area (Å²) in [5, 5.41) is 0.738. The molecular formula is C20H20N2O3. The number of aromatic amines is 1. The Morgan fingerprint density at radius 3 is 2.56 bits per heavy atom. The van der Waals surface area contributed by atoms with Gasteiger partial charge in [0.2, 0.25) is 5.56 Å². The molecule has 5 heteroatoms. The van der Waals surface area contributed by atoms with Crippen molar-refractivity contribution in [3.05, 3.63) is 82.1 Å². The van der Waals surface area contributed by atoms with Gasteiger partial charge in [0.05, 0.1) is 12.2 Å². The van der Waals surface area contributed by atoms with Gasteiger partial charge < -0.3 is 14.6 Å². The summed E-state index contributed by atoms with van der Waals surface area (Å²) in [6.45, 7) is 1.34. The van der Waals surface area contributed by atoms with Crippen LogP contribution in [0.15, 0.2) is 65.5 Å². The third-order valence-electron chi connectivity index (χ3n) is 4.05. The Hall–Kier alpha value is -2.92. The molecule has 0 aliphatic carbocycles. The lowest BCUT2D eigenvalue weighted by Gasteiger charge is -2.23. The number of carbonyl (C=O) groups excluding carboxylic acids is 1. The van der Waals surface area contributed by atoms with Crippen molar-refractivity contribution in [2.75, 3.05) is 20.3 Å². The van der Waals surface area contributed by atoms with E-state index in [0.717, 1.165) is 10.9 Å². The summed E-state index contributed by atoms with van der Waals surface area (Å²) in [7, 11) is 1.60. The van der Waals surface area contributed by atoms with Crippen LogP contribution in [0.4, 0.5) is 0 Å². The van der Waals surface area contributed by atoms with Gasteiger partial charge in [-0.15, -0.1) is 0 Å². The van der Waals surface area contributed by atoms with Gasteiger partial charge in [-0.3, -0.25) is 9.59 Å². The van der Waals surface area contributed by atoms with Gasteiger partial charge in [-0.2, -0.15) is 0 Å². The molecule has 0 aliphatic heterocycles. The zero-order valence-electron chi connectivity index (χ0n) is 14.1. The molecule has 0 saturated heterocycles. The van der Waals surface area contributed by atoms with Gasteiger partial charge in [-0.05, 0) is 11.6 Å². The molecule has 5 nitrogen and oxygen atoms in total. The molecule has 128 valence electrons.